The second-order valence-electron chi connectivity index (χ2n) is 4.50. The Hall–Kier alpha value is -0.930. The number of aromatic nitrogens is 1. The van der Waals surface area contributed by atoms with Crippen LogP contribution in [0.1, 0.15) is 24.2 Å². The molecule has 1 saturated heterocycles. The van der Waals surface area contributed by atoms with Crippen molar-refractivity contribution in [3.05, 3.63) is 29.6 Å². The molecule has 0 radical (unpaired) electrons. The van der Waals surface area contributed by atoms with Crippen LogP contribution in [0.4, 0.5) is 0 Å². The zero-order valence-corrected chi connectivity index (χ0v) is 9.70. The Labute approximate surface area is 91.5 Å². The minimum atomic E-state index is 0.467. The van der Waals surface area contributed by atoms with Crippen molar-refractivity contribution < 1.29 is 0 Å². The van der Waals surface area contributed by atoms with Crippen LogP contribution >= 0.6 is 0 Å². The highest BCUT2D eigenvalue weighted by molar-refractivity contribution is 5.18. The molecule has 1 aliphatic heterocycles. The molecule has 0 aliphatic carbocycles. The lowest BCUT2D eigenvalue weighted by molar-refractivity contribution is 0.170. The Morgan fingerprint density at radius 3 is 2.87 bits per heavy atom. The van der Waals surface area contributed by atoms with Crippen LogP contribution in [0.3, 0.4) is 0 Å². The third-order valence-corrected chi connectivity index (χ3v) is 3.07. The fourth-order valence-electron chi connectivity index (χ4n) is 2.14. The van der Waals surface area contributed by atoms with Crippen molar-refractivity contribution in [1.82, 2.24) is 15.2 Å². The summed E-state index contributed by atoms with van der Waals surface area (Å²) in [6.07, 6.45) is 1.99. The van der Waals surface area contributed by atoms with Crippen molar-refractivity contribution in [2.24, 2.45) is 0 Å². The normalized spacial score (nSPS) is 27.9. The third kappa shape index (κ3) is 2.36. The van der Waals surface area contributed by atoms with Gasteiger partial charge in [0.25, 0.3) is 0 Å². The average Bonchev–Trinajstić information content (AvgIpc) is 2.20. The van der Waals surface area contributed by atoms with E-state index >= 15 is 0 Å². The van der Waals surface area contributed by atoms with Crippen LogP contribution in [0.5, 0.6) is 0 Å². The molecule has 3 heteroatoms. The fourth-order valence-corrected chi connectivity index (χ4v) is 2.14. The Morgan fingerprint density at radius 1 is 1.47 bits per heavy atom. The molecule has 1 aromatic rings. The van der Waals surface area contributed by atoms with E-state index in [0.29, 0.717) is 12.1 Å². The molecule has 2 unspecified atom stereocenters. The molecule has 1 aliphatic rings. The zero-order chi connectivity index (χ0) is 10.8. The molecule has 0 amide bonds. The molecule has 1 fully saturated rings. The van der Waals surface area contributed by atoms with Gasteiger partial charge in [-0.25, -0.2) is 0 Å². The summed E-state index contributed by atoms with van der Waals surface area (Å²) in [5.74, 6) is 0. The summed E-state index contributed by atoms with van der Waals surface area (Å²) in [6, 6.07) is 5.32. The molecule has 1 aromatic heterocycles. The molecular weight excluding hydrogens is 186 g/mol. The molecule has 1 N–H and O–H groups in total. The van der Waals surface area contributed by atoms with Crippen molar-refractivity contribution >= 4 is 0 Å². The number of piperazine rings is 1. The molecule has 0 spiro atoms. The van der Waals surface area contributed by atoms with Gasteiger partial charge in [0.05, 0.1) is 0 Å². The van der Waals surface area contributed by atoms with Crippen LogP contribution in [-0.2, 0) is 0 Å². The van der Waals surface area contributed by atoms with E-state index < -0.39 is 0 Å². The number of nitrogens with one attached hydrogen (secondary N) is 1. The van der Waals surface area contributed by atoms with E-state index in [1.807, 2.05) is 13.1 Å². The first kappa shape index (κ1) is 10.6. The highest BCUT2D eigenvalue weighted by Crippen LogP contribution is 2.21. The van der Waals surface area contributed by atoms with Crippen LogP contribution in [-0.4, -0.2) is 36.1 Å². The first-order chi connectivity index (χ1) is 7.16. The van der Waals surface area contributed by atoms with Gasteiger partial charge in [-0.05, 0) is 32.5 Å². The molecule has 0 bridgehead atoms. The maximum absolute atomic E-state index is 4.35. The number of rotatable bonds is 1. The Bertz CT molecular complexity index is 320. The smallest absolute Gasteiger partial charge is 0.0485 e. The highest BCUT2D eigenvalue weighted by atomic mass is 15.2. The summed E-state index contributed by atoms with van der Waals surface area (Å²) in [4.78, 5) is 6.75. The van der Waals surface area contributed by atoms with Gasteiger partial charge >= 0.3 is 0 Å². The molecule has 82 valence electrons. The van der Waals surface area contributed by atoms with E-state index in [1.54, 1.807) is 0 Å². The lowest BCUT2D eigenvalue weighted by Crippen LogP contribution is -2.49. The van der Waals surface area contributed by atoms with Gasteiger partial charge in [0.15, 0.2) is 0 Å². The lowest BCUT2D eigenvalue weighted by Gasteiger charge is -2.36. The molecule has 0 saturated carbocycles. The minimum absolute atomic E-state index is 0.467. The molecule has 0 aromatic carbocycles. The molecule has 2 heterocycles. The van der Waals surface area contributed by atoms with Crippen LogP contribution in [0.15, 0.2) is 18.3 Å². The Kier molecular flexibility index (Phi) is 3.03. The van der Waals surface area contributed by atoms with Gasteiger partial charge in [0.1, 0.15) is 0 Å². The Balaban J connectivity index is 2.13. The van der Waals surface area contributed by atoms with Gasteiger partial charge in [-0.2, -0.15) is 0 Å². The molecule has 2 rings (SSSR count). The average molecular weight is 205 g/mol. The van der Waals surface area contributed by atoms with Gasteiger partial charge in [-0.3, -0.25) is 9.88 Å². The van der Waals surface area contributed by atoms with Crippen molar-refractivity contribution in [3.63, 3.8) is 0 Å². The van der Waals surface area contributed by atoms with E-state index in [1.165, 1.54) is 5.56 Å². The fraction of sp³-hybridized carbons (Fsp3) is 0.583. The first-order valence-electron chi connectivity index (χ1n) is 5.53. The van der Waals surface area contributed by atoms with Crippen molar-refractivity contribution in [1.29, 1.82) is 0 Å². The van der Waals surface area contributed by atoms with E-state index in [2.05, 4.69) is 41.3 Å². The van der Waals surface area contributed by atoms with Crippen LogP contribution in [0.2, 0.25) is 0 Å². The van der Waals surface area contributed by atoms with E-state index in [9.17, 15) is 0 Å². The summed E-state index contributed by atoms with van der Waals surface area (Å²) in [5.41, 5.74) is 2.39. The van der Waals surface area contributed by atoms with Crippen molar-refractivity contribution in [3.8, 4) is 0 Å². The predicted molar refractivity (Wildman–Crippen MR) is 61.8 cm³/mol. The van der Waals surface area contributed by atoms with Gasteiger partial charge in [-0.1, -0.05) is 6.07 Å². The quantitative estimate of drug-likeness (QED) is 0.750. The highest BCUT2D eigenvalue weighted by Gasteiger charge is 2.23. The van der Waals surface area contributed by atoms with Crippen molar-refractivity contribution in [2.75, 3.05) is 20.1 Å². The largest absolute Gasteiger partial charge is 0.311 e. The second-order valence-corrected chi connectivity index (χ2v) is 4.50. The second kappa shape index (κ2) is 4.29. The standard InChI is InChI=1S/C12H19N3/c1-9-4-5-11(6-13-9)12-7-14-10(2)8-15(12)3/h4-6,10,12,14H,7-8H2,1-3H3. The number of aryl methyl sites for hydroxylation is 1. The maximum atomic E-state index is 4.35. The zero-order valence-electron chi connectivity index (χ0n) is 9.70. The summed E-state index contributed by atoms with van der Waals surface area (Å²) in [7, 11) is 2.18. The Morgan fingerprint density at radius 2 is 2.27 bits per heavy atom. The number of pyridine rings is 1. The van der Waals surface area contributed by atoms with E-state index in [0.717, 1.165) is 18.8 Å². The van der Waals surface area contributed by atoms with Gasteiger partial charge in [0.2, 0.25) is 0 Å². The molecule has 3 nitrogen and oxygen atoms in total. The van der Waals surface area contributed by atoms with Crippen LogP contribution in [0, 0.1) is 6.92 Å². The first-order valence-corrected chi connectivity index (χ1v) is 5.53. The molecular formula is C12H19N3. The third-order valence-electron chi connectivity index (χ3n) is 3.07. The number of hydrogen-bond donors (Lipinski definition) is 1. The topological polar surface area (TPSA) is 28.2 Å². The van der Waals surface area contributed by atoms with Gasteiger partial charge in [0, 0.05) is 37.1 Å². The summed E-state index contributed by atoms with van der Waals surface area (Å²) in [6.45, 7) is 6.36. The maximum Gasteiger partial charge on any atom is 0.0485 e. The number of likely N-dealkylation sites (N-methyl/N-ethyl adjacent to an activating group) is 1. The SMILES string of the molecule is Cc1ccc(C2CNC(C)CN2C)cn1. The van der Waals surface area contributed by atoms with Gasteiger partial charge < -0.3 is 5.32 Å². The van der Waals surface area contributed by atoms with Crippen LogP contribution < -0.4 is 5.32 Å². The minimum Gasteiger partial charge on any atom is -0.311 e. The summed E-state index contributed by atoms with van der Waals surface area (Å²) < 4.78 is 0. The van der Waals surface area contributed by atoms with E-state index in [-0.39, 0.29) is 0 Å². The number of hydrogen-bond acceptors (Lipinski definition) is 3. The van der Waals surface area contributed by atoms with Crippen molar-refractivity contribution in [2.45, 2.75) is 25.9 Å². The summed E-state index contributed by atoms with van der Waals surface area (Å²) >= 11 is 0. The van der Waals surface area contributed by atoms with Crippen LogP contribution in [0.25, 0.3) is 0 Å². The monoisotopic (exact) mass is 205 g/mol. The van der Waals surface area contributed by atoms with Gasteiger partial charge in [-0.15, -0.1) is 0 Å². The molecule has 15 heavy (non-hydrogen) atoms. The summed E-state index contributed by atoms with van der Waals surface area (Å²) in [5, 5.41) is 3.51. The van der Waals surface area contributed by atoms with E-state index in [4.69, 9.17) is 0 Å². The predicted octanol–water partition coefficient (Wildman–Crippen LogP) is 1.35. The number of nitrogens with zero attached hydrogens (tertiary/aromatic N) is 2. The molecule has 2 atom stereocenters. The lowest BCUT2D eigenvalue weighted by atomic mass is 10.0.